The van der Waals surface area contributed by atoms with Gasteiger partial charge >= 0.3 is 0 Å². The summed E-state index contributed by atoms with van der Waals surface area (Å²) in [5.41, 5.74) is 2.65. The molecule has 1 fully saturated rings. The molecule has 1 aliphatic rings. The van der Waals surface area contributed by atoms with Gasteiger partial charge in [0.15, 0.2) is 0 Å². The van der Waals surface area contributed by atoms with Crippen LogP contribution in [0.1, 0.15) is 36.0 Å². The monoisotopic (exact) mass is 224 g/mol. The first kappa shape index (κ1) is 11.0. The van der Waals surface area contributed by atoms with Gasteiger partial charge in [0.2, 0.25) is 5.95 Å². The lowest BCUT2D eigenvalue weighted by molar-refractivity contribution is -0.0125. The maximum atomic E-state index is 12.5. The van der Waals surface area contributed by atoms with E-state index in [1.54, 1.807) is 0 Å². The third kappa shape index (κ3) is 2.76. The van der Waals surface area contributed by atoms with Crippen LogP contribution in [0.5, 0.6) is 0 Å². The molecule has 1 N–H and O–H groups in total. The van der Waals surface area contributed by atoms with Gasteiger partial charge in [-0.1, -0.05) is 12.8 Å². The molecule has 0 radical (unpaired) electrons. The van der Waals surface area contributed by atoms with Crippen LogP contribution in [-0.2, 0) is 4.84 Å². The fraction of sp³-hybridized carbons (Fsp3) is 0.455. The molecule has 4 nitrogen and oxygen atoms in total. The second-order valence-corrected chi connectivity index (χ2v) is 3.83. The number of hydrogen-bond acceptors (Lipinski definition) is 3. The van der Waals surface area contributed by atoms with Crippen LogP contribution in [-0.4, -0.2) is 17.0 Å². The zero-order valence-electron chi connectivity index (χ0n) is 8.78. The van der Waals surface area contributed by atoms with E-state index in [0.717, 1.165) is 31.7 Å². The second-order valence-electron chi connectivity index (χ2n) is 3.83. The highest BCUT2D eigenvalue weighted by molar-refractivity contribution is 5.93. The molecule has 0 bridgehead atoms. The van der Waals surface area contributed by atoms with E-state index in [1.807, 2.05) is 0 Å². The lowest BCUT2D eigenvalue weighted by Gasteiger charge is -2.10. The lowest BCUT2D eigenvalue weighted by Crippen LogP contribution is -2.28. The number of aromatic nitrogens is 1. The van der Waals surface area contributed by atoms with E-state index in [2.05, 4.69) is 10.5 Å². The van der Waals surface area contributed by atoms with Crippen LogP contribution in [0.3, 0.4) is 0 Å². The predicted octanol–water partition coefficient (Wildman–Crippen LogP) is 1.82. The van der Waals surface area contributed by atoms with Crippen molar-refractivity contribution in [1.29, 1.82) is 0 Å². The minimum absolute atomic E-state index is 0.109. The summed E-state index contributed by atoms with van der Waals surface area (Å²) in [6, 6.07) is 2.51. The van der Waals surface area contributed by atoms with Gasteiger partial charge in [0.05, 0.1) is 11.7 Å². The number of amides is 1. The molecule has 0 saturated heterocycles. The Hall–Kier alpha value is -1.49. The van der Waals surface area contributed by atoms with Crippen LogP contribution in [0.2, 0.25) is 0 Å². The fourth-order valence-electron chi connectivity index (χ4n) is 1.71. The Morgan fingerprint density at radius 1 is 1.44 bits per heavy atom. The summed E-state index contributed by atoms with van der Waals surface area (Å²) in [7, 11) is 0. The smallest absolute Gasteiger partial charge is 0.270 e. The molecule has 1 aliphatic carbocycles. The van der Waals surface area contributed by atoms with Crippen molar-refractivity contribution < 1.29 is 14.0 Å². The van der Waals surface area contributed by atoms with Crippen molar-refractivity contribution in [3.8, 4) is 0 Å². The molecule has 0 unspecified atom stereocenters. The number of nitrogens with one attached hydrogen (secondary N) is 1. The Bertz CT molecular complexity index is 361. The Labute approximate surface area is 92.8 Å². The van der Waals surface area contributed by atoms with Crippen LogP contribution in [0.15, 0.2) is 18.3 Å². The molecule has 1 heterocycles. The number of carbonyl (C=O) groups excluding carboxylic acids is 1. The predicted molar refractivity (Wildman–Crippen MR) is 55.0 cm³/mol. The lowest BCUT2D eigenvalue weighted by atomic mass is 10.3. The molecule has 0 atom stereocenters. The molecule has 1 aromatic rings. The molecule has 16 heavy (non-hydrogen) atoms. The van der Waals surface area contributed by atoms with E-state index < -0.39 is 5.95 Å². The minimum atomic E-state index is -0.603. The molecule has 0 spiro atoms. The standard InChI is InChI=1S/C11H13FN2O2/c12-10-6-5-8(7-13-10)11(15)14-16-9-3-1-2-4-9/h5-7,9H,1-4H2,(H,14,15). The fourth-order valence-corrected chi connectivity index (χ4v) is 1.71. The number of carbonyl (C=O) groups is 1. The maximum Gasteiger partial charge on any atom is 0.276 e. The highest BCUT2D eigenvalue weighted by Gasteiger charge is 2.17. The van der Waals surface area contributed by atoms with Crippen molar-refractivity contribution in [2.75, 3.05) is 0 Å². The summed E-state index contributed by atoms with van der Waals surface area (Å²) in [5, 5.41) is 0. The van der Waals surface area contributed by atoms with Crippen LogP contribution < -0.4 is 5.48 Å². The van der Waals surface area contributed by atoms with Gasteiger partial charge in [-0.3, -0.25) is 9.63 Å². The van der Waals surface area contributed by atoms with Gasteiger partial charge < -0.3 is 0 Å². The van der Waals surface area contributed by atoms with Crippen molar-refractivity contribution in [2.45, 2.75) is 31.8 Å². The quantitative estimate of drug-likeness (QED) is 0.629. The molecular weight excluding hydrogens is 211 g/mol. The minimum Gasteiger partial charge on any atom is -0.270 e. The topological polar surface area (TPSA) is 51.2 Å². The number of nitrogens with zero attached hydrogens (tertiary/aromatic N) is 1. The number of pyridine rings is 1. The normalized spacial score (nSPS) is 16.3. The van der Waals surface area contributed by atoms with Crippen LogP contribution in [0.4, 0.5) is 4.39 Å². The van der Waals surface area contributed by atoms with E-state index in [0.29, 0.717) is 5.56 Å². The average molecular weight is 224 g/mol. The molecule has 1 saturated carbocycles. The van der Waals surface area contributed by atoms with E-state index >= 15 is 0 Å². The van der Waals surface area contributed by atoms with Crippen LogP contribution in [0.25, 0.3) is 0 Å². The first-order valence-corrected chi connectivity index (χ1v) is 5.33. The van der Waals surface area contributed by atoms with E-state index in [9.17, 15) is 9.18 Å². The largest absolute Gasteiger partial charge is 0.276 e. The third-order valence-electron chi connectivity index (χ3n) is 2.61. The number of hydroxylamine groups is 1. The average Bonchev–Trinajstić information content (AvgIpc) is 2.80. The highest BCUT2D eigenvalue weighted by atomic mass is 19.1. The molecule has 0 aromatic carbocycles. The third-order valence-corrected chi connectivity index (χ3v) is 2.61. The Morgan fingerprint density at radius 3 is 2.81 bits per heavy atom. The first-order valence-electron chi connectivity index (χ1n) is 5.33. The van der Waals surface area contributed by atoms with Gasteiger partial charge in [-0.05, 0) is 25.0 Å². The SMILES string of the molecule is O=C(NOC1CCCC1)c1ccc(F)nc1. The Balaban J connectivity index is 1.85. The molecular formula is C11H13FN2O2. The summed E-state index contributed by atoms with van der Waals surface area (Å²) >= 11 is 0. The number of halogens is 1. The molecule has 1 amide bonds. The number of hydrogen-bond donors (Lipinski definition) is 1. The summed E-state index contributed by atoms with van der Waals surface area (Å²) in [4.78, 5) is 20.1. The molecule has 86 valence electrons. The van der Waals surface area contributed by atoms with Gasteiger partial charge in [0.1, 0.15) is 0 Å². The van der Waals surface area contributed by atoms with Gasteiger partial charge in [-0.2, -0.15) is 4.39 Å². The zero-order chi connectivity index (χ0) is 11.4. The van der Waals surface area contributed by atoms with Gasteiger partial charge in [-0.15, -0.1) is 0 Å². The number of rotatable bonds is 3. The van der Waals surface area contributed by atoms with Gasteiger partial charge in [-0.25, -0.2) is 10.5 Å². The summed E-state index contributed by atoms with van der Waals surface area (Å²) in [6.45, 7) is 0. The van der Waals surface area contributed by atoms with Crippen molar-refractivity contribution in [3.05, 3.63) is 29.8 Å². The summed E-state index contributed by atoms with van der Waals surface area (Å²) < 4.78 is 12.5. The highest BCUT2D eigenvalue weighted by Crippen LogP contribution is 2.19. The summed E-state index contributed by atoms with van der Waals surface area (Å²) in [6.07, 6.45) is 5.52. The molecule has 5 heteroatoms. The van der Waals surface area contributed by atoms with Gasteiger partial charge in [0, 0.05) is 6.20 Å². The first-order chi connectivity index (χ1) is 7.75. The van der Waals surface area contributed by atoms with Crippen LogP contribution in [0, 0.1) is 5.95 Å². The molecule has 0 aliphatic heterocycles. The molecule has 1 aromatic heterocycles. The van der Waals surface area contributed by atoms with Crippen molar-refractivity contribution in [3.63, 3.8) is 0 Å². The van der Waals surface area contributed by atoms with Crippen molar-refractivity contribution in [2.24, 2.45) is 0 Å². The second kappa shape index (κ2) is 5.03. The van der Waals surface area contributed by atoms with Crippen molar-refractivity contribution >= 4 is 5.91 Å². The van der Waals surface area contributed by atoms with E-state index in [4.69, 9.17) is 4.84 Å². The van der Waals surface area contributed by atoms with E-state index in [1.165, 1.54) is 12.3 Å². The van der Waals surface area contributed by atoms with Crippen molar-refractivity contribution in [1.82, 2.24) is 10.5 Å². The molecule has 2 rings (SSSR count). The Kier molecular flexibility index (Phi) is 3.46. The van der Waals surface area contributed by atoms with E-state index in [-0.39, 0.29) is 12.0 Å². The zero-order valence-corrected chi connectivity index (χ0v) is 8.78. The maximum absolute atomic E-state index is 12.5. The van der Waals surface area contributed by atoms with Gasteiger partial charge in [0.25, 0.3) is 5.91 Å². The summed E-state index contributed by atoms with van der Waals surface area (Å²) in [5.74, 6) is -0.993. The Morgan fingerprint density at radius 2 is 2.19 bits per heavy atom. The van der Waals surface area contributed by atoms with Crippen LogP contribution >= 0.6 is 0 Å².